The monoisotopic (exact) mass is 729 g/mol. The number of hydrogen-bond acceptors (Lipinski definition) is 8. The Kier molecular flexibility index (Phi) is 15.6. The van der Waals surface area contributed by atoms with Gasteiger partial charge < -0.3 is 31.1 Å². The fourth-order valence-corrected chi connectivity index (χ4v) is 6.44. The van der Waals surface area contributed by atoms with Crippen molar-refractivity contribution in [3.05, 3.63) is 101 Å². The van der Waals surface area contributed by atoms with Crippen LogP contribution < -0.4 is 21.3 Å². The van der Waals surface area contributed by atoms with Gasteiger partial charge in [-0.3, -0.25) is 14.4 Å². The highest BCUT2D eigenvalue weighted by Gasteiger charge is 2.33. The van der Waals surface area contributed by atoms with Crippen LogP contribution in [0.15, 0.2) is 84.4 Å². The molecule has 0 saturated heterocycles. The Balaban J connectivity index is 1.55. The number of aliphatic hydroxyl groups is 1. The Bertz CT molecular complexity index is 1730. The number of nitrogens with zero attached hydrogens (tertiary/aromatic N) is 1. The second-order valence-electron chi connectivity index (χ2n) is 13.3. The molecule has 3 aromatic carbocycles. The molecule has 0 saturated carbocycles. The van der Waals surface area contributed by atoms with Crippen LogP contribution in [0.2, 0.25) is 0 Å². The van der Waals surface area contributed by atoms with Gasteiger partial charge in [0.1, 0.15) is 18.7 Å². The van der Waals surface area contributed by atoms with E-state index in [9.17, 15) is 24.3 Å². The number of carbonyl (C=O) groups is 4. The average molecular weight is 730 g/mol. The number of amides is 4. The summed E-state index contributed by atoms with van der Waals surface area (Å²) in [4.78, 5) is 58.4. The molecule has 6 atom stereocenters. The molecule has 0 radical (unpaired) electrons. The number of alkyl carbamates (subject to hydrolysis) is 1. The van der Waals surface area contributed by atoms with Gasteiger partial charge in [0.15, 0.2) is 0 Å². The van der Waals surface area contributed by atoms with Crippen molar-refractivity contribution >= 4 is 45.9 Å². The first kappa shape index (κ1) is 40.0. The third-order valence-electron chi connectivity index (χ3n) is 9.34. The summed E-state index contributed by atoms with van der Waals surface area (Å²) in [5, 5.41) is 26.9. The lowest BCUT2D eigenvalue weighted by Gasteiger charge is -2.31. The number of nitrogens with one attached hydrogen (secondary N) is 4. The van der Waals surface area contributed by atoms with Crippen LogP contribution in [-0.2, 0) is 38.6 Å². The molecule has 0 aliphatic heterocycles. The first-order valence-corrected chi connectivity index (χ1v) is 18.8. The SMILES string of the molecule is CCC(C)CNC(=O)C[C@H](O)[C@@H](NC(=O)C(Cc1nccs1)NC(=O)[C@H](Cc1cccc2ccccc12)NC(=O)OCc1ccccc1)C(C)CC. The Morgan fingerprint density at radius 2 is 1.52 bits per heavy atom. The smallest absolute Gasteiger partial charge is 0.408 e. The minimum Gasteiger partial charge on any atom is -0.445 e. The molecule has 0 fully saturated rings. The van der Waals surface area contributed by atoms with E-state index in [1.54, 1.807) is 11.6 Å². The van der Waals surface area contributed by atoms with Crippen molar-refractivity contribution < 1.29 is 29.0 Å². The summed E-state index contributed by atoms with van der Waals surface area (Å²) in [5.41, 5.74) is 1.62. The highest BCUT2D eigenvalue weighted by Crippen LogP contribution is 2.21. The van der Waals surface area contributed by atoms with Gasteiger partial charge in [0.25, 0.3) is 0 Å². The number of fused-ring (bicyclic) bond motifs is 1. The molecular weight excluding hydrogens is 679 g/mol. The molecule has 0 aliphatic rings. The predicted octanol–water partition coefficient (Wildman–Crippen LogP) is 5.31. The highest BCUT2D eigenvalue weighted by atomic mass is 32.1. The molecule has 0 aliphatic carbocycles. The van der Waals surface area contributed by atoms with Gasteiger partial charge in [-0.25, -0.2) is 9.78 Å². The van der Waals surface area contributed by atoms with Crippen molar-refractivity contribution in [3.63, 3.8) is 0 Å². The first-order valence-electron chi connectivity index (χ1n) is 18.0. The maximum Gasteiger partial charge on any atom is 0.408 e. The van der Waals surface area contributed by atoms with Crippen molar-refractivity contribution in [1.29, 1.82) is 0 Å². The van der Waals surface area contributed by atoms with Gasteiger partial charge in [-0.15, -0.1) is 11.3 Å². The van der Waals surface area contributed by atoms with Gasteiger partial charge in [-0.05, 0) is 33.7 Å². The Hall–Kier alpha value is -4.81. The molecule has 278 valence electrons. The number of benzene rings is 3. The molecule has 4 amide bonds. The maximum atomic E-state index is 14.2. The van der Waals surface area contributed by atoms with Crippen LogP contribution in [0.5, 0.6) is 0 Å². The van der Waals surface area contributed by atoms with Crippen LogP contribution in [0.1, 0.15) is 63.1 Å². The van der Waals surface area contributed by atoms with Gasteiger partial charge in [0.2, 0.25) is 17.7 Å². The summed E-state index contributed by atoms with van der Waals surface area (Å²) in [6.07, 6.45) is 1.23. The van der Waals surface area contributed by atoms with Crippen LogP contribution in [0.4, 0.5) is 4.79 Å². The summed E-state index contributed by atoms with van der Waals surface area (Å²) in [6, 6.07) is 19.8. The van der Waals surface area contributed by atoms with Crippen molar-refractivity contribution in [2.75, 3.05) is 6.54 Å². The van der Waals surface area contributed by atoms with Crippen LogP contribution in [0.3, 0.4) is 0 Å². The molecule has 0 spiro atoms. The molecule has 3 unspecified atom stereocenters. The zero-order valence-corrected chi connectivity index (χ0v) is 31.2. The van der Waals surface area contributed by atoms with E-state index in [2.05, 4.69) is 26.3 Å². The molecule has 1 aromatic heterocycles. The molecule has 52 heavy (non-hydrogen) atoms. The Morgan fingerprint density at radius 3 is 2.23 bits per heavy atom. The van der Waals surface area contributed by atoms with E-state index in [0.717, 1.165) is 28.3 Å². The lowest BCUT2D eigenvalue weighted by molar-refractivity contribution is -0.131. The standard InChI is InChI=1S/C40H51N5O6S/c1-5-26(3)24-42-35(47)23-34(46)37(27(4)6-2)45-39(49)33(22-36-41-19-20-52-36)43-38(48)32(44-40(50)51-25-28-13-8-7-9-14-28)21-30-17-12-16-29-15-10-11-18-31(29)30/h7-20,26-27,32-34,37,46H,5-6,21-25H2,1-4H3,(H,42,47)(H,43,48)(H,44,50)(H,45,49)/t26?,27?,32-,33?,34-,37-/m0/s1. The normalized spacial score (nSPS) is 14.6. The van der Waals surface area contributed by atoms with Gasteiger partial charge >= 0.3 is 6.09 Å². The maximum absolute atomic E-state index is 14.2. The minimum atomic E-state index is -1.16. The number of hydrogen-bond donors (Lipinski definition) is 5. The van der Waals surface area contributed by atoms with Gasteiger partial charge in [0.05, 0.1) is 23.6 Å². The van der Waals surface area contributed by atoms with Crippen LogP contribution >= 0.6 is 11.3 Å². The van der Waals surface area contributed by atoms with E-state index >= 15 is 0 Å². The molecule has 0 bridgehead atoms. The predicted molar refractivity (Wildman–Crippen MR) is 203 cm³/mol. The molecular formula is C40H51N5O6S. The summed E-state index contributed by atoms with van der Waals surface area (Å²) < 4.78 is 5.48. The quantitative estimate of drug-likeness (QED) is 0.0876. The Labute approximate surface area is 310 Å². The third kappa shape index (κ3) is 12.2. The zero-order chi connectivity index (χ0) is 37.5. The van der Waals surface area contributed by atoms with Crippen molar-refractivity contribution in [1.82, 2.24) is 26.3 Å². The zero-order valence-electron chi connectivity index (χ0n) is 30.3. The molecule has 4 rings (SSSR count). The molecule has 4 aromatic rings. The van der Waals surface area contributed by atoms with Crippen molar-refractivity contribution in [3.8, 4) is 0 Å². The fourth-order valence-electron chi connectivity index (χ4n) is 5.77. The Morgan fingerprint density at radius 1 is 0.827 bits per heavy atom. The van der Waals surface area contributed by atoms with E-state index in [1.807, 2.05) is 100 Å². The highest BCUT2D eigenvalue weighted by molar-refractivity contribution is 7.09. The topological polar surface area (TPSA) is 159 Å². The lowest BCUT2D eigenvalue weighted by Crippen LogP contribution is -2.58. The molecule has 5 N–H and O–H groups in total. The second kappa shape index (κ2) is 20.3. The third-order valence-corrected chi connectivity index (χ3v) is 10.1. The van der Waals surface area contributed by atoms with Crippen molar-refractivity contribution in [2.24, 2.45) is 11.8 Å². The number of carbonyl (C=O) groups excluding carboxylic acids is 4. The number of rotatable bonds is 19. The number of aliphatic hydroxyl groups excluding tert-OH is 1. The van der Waals surface area contributed by atoms with Crippen LogP contribution in [0.25, 0.3) is 10.8 Å². The first-order chi connectivity index (χ1) is 25.1. The van der Waals surface area contributed by atoms with E-state index in [4.69, 9.17) is 4.74 Å². The largest absolute Gasteiger partial charge is 0.445 e. The van der Waals surface area contributed by atoms with Crippen molar-refractivity contribution in [2.45, 2.75) is 90.6 Å². The summed E-state index contributed by atoms with van der Waals surface area (Å²) in [7, 11) is 0. The van der Waals surface area contributed by atoms with E-state index < -0.39 is 42.1 Å². The van der Waals surface area contributed by atoms with Gasteiger partial charge in [0, 0.05) is 31.0 Å². The van der Waals surface area contributed by atoms with Gasteiger partial charge in [-0.1, -0.05) is 113 Å². The molecule has 1 heterocycles. The average Bonchev–Trinajstić information content (AvgIpc) is 3.68. The van der Waals surface area contributed by atoms with E-state index in [-0.39, 0.29) is 37.7 Å². The van der Waals surface area contributed by atoms with Crippen LogP contribution in [-0.4, -0.2) is 64.7 Å². The number of thiazole rings is 1. The fraction of sp³-hybridized carbons (Fsp3) is 0.425. The van der Waals surface area contributed by atoms with Gasteiger partial charge in [-0.2, -0.15) is 0 Å². The summed E-state index contributed by atoms with van der Waals surface area (Å²) >= 11 is 1.34. The summed E-state index contributed by atoms with van der Waals surface area (Å²) in [5.74, 6) is -1.32. The molecule has 11 nitrogen and oxygen atoms in total. The van der Waals surface area contributed by atoms with E-state index in [0.29, 0.717) is 23.9 Å². The number of ether oxygens (including phenoxy) is 1. The lowest BCUT2D eigenvalue weighted by atomic mass is 9.92. The number of aromatic nitrogens is 1. The molecule has 12 heteroatoms. The van der Waals surface area contributed by atoms with Crippen LogP contribution in [0, 0.1) is 11.8 Å². The minimum absolute atomic E-state index is 0.0132. The summed E-state index contributed by atoms with van der Waals surface area (Å²) in [6.45, 7) is 8.42. The second-order valence-corrected chi connectivity index (χ2v) is 14.3. The van der Waals surface area contributed by atoms with E-state index in [1.165, 1.54) is 11.3 Å².